The van der Waals surface area contributed by atoms with E-state index in [-0.39, 0.29) is 0 Å². The molecule has 0 amide bonds. The molecule has 3 heteroatoms. The summed E-state index contributed by atoms with van der Waals surface area (Å²) in [4.78, 5) is 10.7. The Hall–Kier alpha value is -1.51. The second-order valence-corrected chi connectivity index (χ2v) is 5.04. The van der Waals surface area contributed by atoms with Gasteiger partial charge in [-0.05, 0) is 36.6 Å². The zero-order chi connectivity index (χ0) is 14.1. The van der Waals surface area contributed by atoms with Gasteiger partial charge in [0.2, 0.25) is 0 Å². The van der Waals surface area contributed by atoms with E-state index >= 15 is 0 Å². The van der Waals surface area contributed by atoms with Crippen molar-refractivity contribution >= 4 is 5.97 Å². The average Bonchev–Trinajstić information content (AvgIpc) is 2.42. The van der Waals surface area contributed by atoms with Crippen LogP contribution in [0.2, 0.25) is 0 Å². The highest BCUT2D eigenvalue weighted by atomic mass is 16.5. The fraction of sp³-hybridized carbons (Fsp3) is 0.562. The lowest BCUT2D eigenvalue weighted by Gasteiger charge is -2.08. The highest BCUT2D eigenvalue weighted by Gasteiger charge is 2.02. The Labute approximate surface area is 115 Å². The Balaban J connectivity index is 2.14. The molecule has 0 radical (unpaired) electrons. The van der Waals surface area contributed by atoms with Crippen molar-refractivity contribution in [1.82, 2.24) is 0 Å². The molecule has 106 valence electrons. The fourth-order valence-corrected chi connectivity index (χ4v) is 1.86. The maximum absolute atomic E-state index is 10.7. The highest BCUT2D eigenvalue weighted by Crippen LogP contribution is 2.14. The third kappa shape index (κ3) is 6.27. The van der Waals surface area contributed by atoms with Gasteiger partial charge in [0.15, 0.2) is 0 Å². The number of hydrogen-bond acceptors (Lipinski definition) is 2. The van der Waals surface area contributed by atoms with Gasteiger partial charge in [0, 0.05) is 0 Å². The summed E-state index contributed by atoms with van der Waals surface area (Å²) < 4.78 is 5.58. The van der Waals surface area contributed by atoms with Crippen LogP contribution in [-0.4, -0.2) is 17.7 Å². The normalized spacial score (nSPS) is 12.1. The van der Waals surface area contributed by atoms with Gasteiger partial charge >= 0.3 is 5.97 Å². The number of hydrogen-bond donors (Lipinski definition) is 1. The summed E-state index contributed by atoms with van der Waals surface area (Å²) in [7, 11) is 0. The van der Waals surface area contributed by atoms with Gasteiger partial charge in [-0.2, -0.15) is 0 Å². The molecule has 1 atom stereocenters. The average molecular weight is 264 g/mol. The molecular formula is C16H24O3. The Morgan fingerprint density at radius 3 is 2.47 bits per heavy atom. The minimum Gasteiger partial charge on any atom is -0.494 e. The summed E-state index contributed by atoms with van der Waals surface area (Å²) in [6.45, 7) is 5.22. The molecule has 1 rings (SSSR count). The van der Waals surface area contributed by atoms with Crippen molar-refractivity contribution in [3.63, 3.8) is 0 Å². The smallest absolute Gasteiger partial charge is 0.335 e. The summed E-state index contributed by atoms with van der Waals surface area (Å²) in [6.07, 6.45) is 6.06. The van der Waals surface area contributed by atoms with Gasteiger partial charge in [0.25, 0.3) is 0 Å². The van der Waals surface area contributed by atoms with Crippen LogP contribution in [0.25, 0.3) is 0 Å². The third-order valence-electron chi connectivity index (χ3n) is 3.41. The molecule has 0 saturated carbocycles. The second-order valence-electron chi connectivity index (χ2n) is 5.04. The highest BCUT2D eigenvalue weighted by molar-refractivity contribution is 5.87. The predicted molar refractivity (Wildman–Crippen MR) is 76.8 cm³/mol. The molecule has 1 aromatic carbocycles. The van der Waals surface area contributed by atoms with Crippen LogP contribution in [0.15, 0.2) is 24.3 Å². The first-order valence-electron chi connectivity index (χ1n) is 7.09. The zero-order valence-corrected chi connectivity index (χ0v) is 11.9. The first-order chi connectivity index (χ1) is 9.13. The first kappa shape index (κ1) is 15.5. The number of aromatic carboxylic acids is 1. The molecule has 0 fully saturated rings. The van der Waals surface area contributed by atoms with Gasteiger partial charge in [-0.1, -0.05) is 39.5 Å². The third-order valence-corrected chi connectivity index (χ3v) is 3.41. The Morgan fingerprint density at radius 2 is 1.89 bits per heavy atom. The van der Waals surface area contributed by atoms with Crippen LogP contribution < -0.4 is 4.74 Å². The summed E-state index contributed by atoms with van der Waals surface area (Å²) in [5.74, 6) is 0.660. The number of carboxylic acids is 1. The van der Waals surface area contributed by atoms with Crippen LogP contribution in [0, 0.1) is 5.92 Å². The van der Waals surface area contributed by atoms with Crippen LogP contribution in [0.4, 0.5) is 0 Å². The summed E-state index contributed by atoms with van der Waals surface area (Å²) in [6, 6.07) is 6.56. The van der Waals surface area contributed by atoms with Gasteiger partial charge < -0.3 is 9.84 Å². The van der Waals surface area contributed by atoms with Crippen LogP contribution in [-0.2, 0) is 0 Å². The van der Waals surface area contributed by atoms with E-state index in [2.05, 4.69) is 13.8 Å². The molecule has 0 heterocycles. The molecule has 3 nitrogen and oxygen atoms in total. The van der Waals surface area contributed by atoms with Gasteiger partial charge in [-0.15, -0.1) is 0 Å². The number of rotatable bonds is 9. The number of carbonyl (C=O) groups is 1. The predicted octanol–water partition coefficient (Wildman–Crippen LogP) is 4.37. The van der Waals surface area contributed by atoms with Crippen molar-refractivity contribution in [2.24, 2.45) is 5.92 Å². The van der Waals surface area contributed by atoms with Gasteiger partial charge in [-0.3, -0.25) is 0 Å². The summed E-state index contributed by atoms with van der Waals surface area (Å²) >= 11 is 0. The Kier molecular flexibility index (Phi) is 7.01. The molecule has 0 aromatic heterocycles. The van der Waals surface area contributed by atoms with Crippen molar-refractivity contribution in [3.8, 4) is 5.75 Å². The summed E-state index contributed by atoms with van der Waals surface area (Å²) in [5, 5.41) is 8.77. The number of carboxylic acid groups (broad SMARTS) is 1. The van der Waals surface area contributed by atoms with Crippen molar-refractivity contribution in [2.75, 3.05) is 6.61 Å². The lowest BCUT2D eigenvalue weighted by Crippen LogP contribution is -2.00. The largest absolute Gasteiger partial charge is 0.494 e. The lowest BCUT2D eigenvalue weighted by molar-refractivity contribution is 0.0697. The molecule has 0 unspecified atom stereocenters. The van der Waals surface area contributed by atoms with E-state index in [1.807, 2.05) is 0 Å². The fourth-order valence-electron chi connectivity index (χ4n) is 1.86. The van der Waals surface area contributed by atoms with E-state index in [4.69, 9.17) is 9.84 Å². The van der Waals surface area contributed by atoms with E-state index in [1.165, 1.54) is 25.7 Å². The van der Waals surface area contributed by atoms with Crippen LogP contribution in [0.3, 0.4) is 0 Å². The number of benzene rings is 1. The number of ether oxygens (including phenoxy) is 1. The van der Waals surface area contributed by atoms with E-state index in [1.54, 1.807) is 24.3 Å². The molecule has 0 aliphatic heterocycles. The molecule has 0 aliphatic carbocycles. The topological polar surface area (TPSA) is 46.5 Å². The van der Waals surface area contributed by atoms with Crippen LogP contribution in [0.1, 0.15) is 56.3 Å². The molecule has 1 N–H and O–H groups in total. The molecule has 0 bridgehead atoms. The van der Waals surface area contributed by atoms with E-state index in [9.17, 15) is 4.79 Å². The zero-order valence-electron chi connectivity index (χ0n) is 11.9. The van der Waals surface area contributed by atoms with Crippen molar-refractivity contribution in [2.45, 2.75) is 46.0 Å². The Morgan fingerprint density at radius 1 is 1.21 bits per heavy atom. The molecule has 1 aromatic rings. The lowest BCUT2D eigenvalue weighted by atomic mass is 10.0. The Bertz CT molecular complexity index is 370. The maximum atomic E-state index is 10.7. The molecular weight excluding hydrogens is 240 g/mol. The molecule has 0 spiro atoms. The maximum Gasteiger partial charge on any atom is 0.335 e. The quantitative estimate of drug-likeness (QED) is 0.674. The van der Waals surface area contributed by atoms with Gasteiger partial charge in [0.1, 0.15) is 5.75 Å². The van der Waals surface area contributed by atoms with E-state index in [0.29, 0.717) is 12.2 Å². The van der Waals surface area contributed by atoms with E-state index in [0.717, 1.165) is 18.1 Å². The summed E-state index contributed by atoms with van der Waals surface area (Å²) in [5.41, 5.74) is 0.293. The first-order valence-corrected chi connectivity index (χ1v) is 7.09. The minimum atomic E-state index is -0.906. The van der Waals surface area contributed by atoms with Crippen LogP contribution in [0.5, 0.6) is 5.75 Å². The number of unbranched alkanes of at least 4 members (excludes halogenated alkanes) is 2. The van der Waals surface area contributed by atoms with Crippen molar-refractivity contribution in [3.05, 3.63) is 29.8 Å². The standard InChI is InChI=1S/C16H24O3/c1-3-13(2)7-5-4-6-12-19-15-10-8-14(9-11-15)16(17)18/h8-11,13H,3-7,12H2,1-2H3,(H,17,18)/t13-/m0/s1. The van der Waals surface area contributed by atoms with E-state index < -0.39 is 5.97 Å². The van der Waals surface area contributed by atoms with Crippen molar-refractivity contribution in [1.29, 1.82) is 0 Å². The molecule has 0 aliphatic rings. The van der Waals surface area contributed by atoms with Gasteiger partial charge in [0.05, 0.1) is 12.2 Å². The molecule has 0 saturated heterocycles. The molecule has 19 heavy (non-hydrogen) atoms. The van der Waals surface area contributed by atoms with Crippen LogP contribution >= 0.6 is 0 Å². The van der Waals surface area contributed by atoms with Gasteiger partial charge in [-0.25, -0.2) is 4.79 Å². The second kappa shape index (κ2) is 8.57. The minimum absolute atomic E-state index is 0.293. The monoisotopic (exact) mass is 264 g/mol. The van der Waals surface area contributed by atoms with Crippen molar-refractivity contribution < 1.29 is 14.6 Å². The SMILES string of the molecule is CC[C@H](C)CCCCCOc1ccc(C(=O)O)cc1.